The van der Waals surface area contributed by atoms with E-state index in [0.717, 1.165) is 0 Å². The zero-order valence-electron chi connectivity index (χ0n) is 11.5. The van der Waals surface area contributed by atoms with E-state index in [4.69, 9.17) is 11.6 Å². The summed E-state index contributed by atoms with van der Waals surface area (Å²) in [5.41, 5.74) is 3.88. The number of benzene rings is 3. The molecule has 19 heavy (non-hydrogen) atoms. The molecule has 1 unspecified atom stereocenters. The number of fused-ring (bicyclic) bond motifs is 2. The van der Waals surface area contributed by atoms with Crippen molar-refractivity contribution in [2.75, 3.05) is 0 Å². The maximum absolute atomic E-state index is 6.21. The van der Waals surface area contributed by atoms with Gasteiger partial charge < -0.3 is 0 Å². The minimum absolute atomic E-state index is 0.0515. The lowest BCUT2D eigenvalue weighted by Crippen LogP contribution is -1.91. The third-order valence-corrected chi connectivity index (χ3v) is 4.30. The van der Waals surface area contributed by atoms with Gasteiger partial charge in [-0.25, -0.2) is 0 Å². The van der Waals surface area contributed by atoms with Crippen molar-refractivity contribution in [3.63, 3.8) is 0 Å². The van der Waals surface area contributed by atoms with Crippen molar-refractivity contribution in [2.45, 2.75) is 26.1 Å². The van der Waals surface area contributed by atoms with Gasteiger partial charge >= 0.3 is 0 Å². The van der Waals surface area contributed by atoms with Crippen LogP contribution >= 0.6 is 11.6 Å². The number of hydrogen-bond donors (Lipinski definition) is 0. The number of alkyl halides is 1. The summed E-state index contributed by atoms with van der Waals surface area (Å²) >= 11 is 6.21. The Morgan fingerprint density at radius 3 is 1.89 bits per heavy atom. The van der Waals surface area contributed by atoms with E-state index in [9.17, 15) is 0 Å². The minimum atomic E-state index is 0.0515. The molecule has 0 amide bonds. The summed E-state index contributed by atoms with van der Waals surface area (Å²) in [6.45, 7) is 6.42. The molecule has 0 spiro atoms. The van der Waals surface area contributed by atoms with Gasteiger partial charge in [0.05, 0.1) is 5.38 Å². The second kappa shape index (κ2) is 4.54. The van der Waals surface area contributed by atoms with Gasteiger partial charge in [-0.2, -0.15) is 0 Å². The van der Waals surface area contributed by atoms with Crippen LogP contribution in [0.5, 0.6) is 0 Å². The highest BCUT2D eigenvalue weighted by Crippen LogP contribution is 2.34. The summed E-state index contributed by atoms with van der Waals surface area (Å²) in [4.78, 5) is 0. The molecule has 0 aliphatic heterocycles. The molecule has 0 aliphatic rings. The number of hydrogen-bond acceptors (Lipinski definition) is 0. The van der Waals surface area contributed by atoms with E-state index in [0.29, 0.717) is 0 Å². The molecule has 0 saturated carbocycles. The molecule has 1 heteroatoms. The van der Waals surface area contributed by atoms with Crippen LogP contribution in [-0.4, -0.2) is 0 Å². The number of halogens is 1. The lowest BCUT2D eigenvalue weighted by atomic mass is 9.92. The molecule has 3 aromatic rings. The molecule has 0 N–H and O–H groups in total. The predicted molar refractivity (Wildman–Crippen MR) is 85.2 cm³/mol. The largest absolute Gasteiger partial charge is 0.118 e. The van der Waals surface area contributed by atoms with Crippen LogP contribution in [0, 0.1) is 13.8 Å². The highest BCUT2D eigenvalue weighted by atomic mass is 35.5. The molecule has 3 rings (SSSR count). The van der Waals surface area contributed by atoms with Gasteiger partial charge in [0, 0.05) is 0 Å². The van der Waals surface area contributed by atoms with Gasteiger partial charge in [0.1, 0.15) is 0 Å². The molecular weight excluding hydrogens is 252 g/mol. The van der Waals surface area contributed by atoms with Crippen LogP contribution in [-0.2, 0) is 0 Å². The van der Waals surface area contributed by atoms with Crippen LogP contribution < -0.4 is 0 Å². The molecular formula is C18H17Cl. The molecule has 0 aliphatic carbocycles. The monoisotopic (exact) mass is 268 g/mol. The summed E-state index contributed by atoms with van der Waals surface area (Å²) in [6.07, 6.45) is 0. The Bertz CT molecular complexity index is 769. The first-order chi connectivity index (χ1) is 9.09. The Morgan fingerprint density at radius 2 is 1.32 bits per heavy atom. The van der Waals surface area contributed by atoms with Crippen LogP contribution in [0.15, 0.2) is 42.5 Å². The molecule has 0 heterocycles. The smallest absolute Gasteiger partial charge is 0.0557 e. The normalized spacial score (nSPS) is 13.1. The first-order valence-corrected chi connectivity index (χ1v) is 7.09. The highest BCUT2D eigenvalue weighted by molar-refractivity contribution is 6.20. The topological polar surface area (TPSA) is 0 Å². The lowest BCUT2D eigenvalue weighted by molar-refractivity contribution is 1.09. The second-order valence-electron chi connectivity index (χ2n) is 5.22. The molecule has 0 aromatic heterocycles. The third-order valence-electron chi connectivity index (χ3n) is 4.05. The first kappa shape index (κ1) is 12.5. The zero-order valence-corrected chi connectivity index (χ0v) is 12.3. The highest BCUT2D eigenvalue weighted by Gasteiger charge is 2.10. The summed E-state index contributed by atoms with van der Waals surface area (Å²) < 4.78 is 0. The fraction of sp³-hybridized carbons (Fsp3) is 0.222. The SMILES string of the molecule is Cc1c2ccccc2c(C)c2cc(C(C)Cl)ccc12. The number of rotatable bonds is 1. The van der Waals surface area contributed by atoms with Crippen molar-refractivity contribution in [2.24, 2.45) is 0 Å². The summed E-state index contributed by atoms with van der Waals surface area (Å²) in [5, 5.41) is 5.39. The van der Waals surface area contributed by atoms with Gasteiger partial charge in [-0.1, -0.05) is 36.4 Å². The van der Waals surface area contributed by atoms with E-state index >= 15 is 0 Å². The molecule has 96 valence electrons. The van der Waals surface area contributed by atoms with Crippen LogP contribution in [0.4, 0.5) is 0 Å². The van der Waals surface area contributed by atoms with Gasteiger partial charge in [-0.05, 0) is 65.1 Å². The fourth-order valence-corrected chi connectivity index (χ4v) is 3.01. The zero-order chi connectivity index (χ0) is 13.6. The van der Waals surface area contributed by atoms with E-state index in [1.54, 1.807) is 0 Å². The van der Waals surface area contributed by atoms with E-state index in [-0.39, 0.29) is 5.38 Å². The van der Waals surface area contributed by atoms with E-state index in [2.05, 4.69) is 56.3 Å². The fourth-order valence-electron chi connectivity index (χ4n) is 2.87. The van der Waals surface area contributed by atoms with E-state index in [1.165, 1.54) is 38.2 Å². The molecule has 0 radical (unpaired) electrons. The molecule has 0 nitrogen and oxygen atoms in total. The van der Waals surface area contributed by atoms with Crippen molar-refractivity contribution in [1.82, 2.24) is 0 Å². The molecule has 0 saturated heterocycles. The van der Waals surface area contributed by atoms with Crippen molar-refractivity contribution in [3.8, 4) is 0 Å². The quantitative estimate of drug-likeness (QED) is 0.380. The third kappa shape index (κ3) is 1.91. The Labute approximate surface area is 119 Å². The van der Waals surface area contributed by atoms with Crippen LogP contribution in [0.3, 0.4) is 0 Å². The Balaban J connectivity index is 2.49. The van der Waals surface area contributed by atoms with Gasteiger partial charge in [-0.3, -0.25) is 0 Å². The van der Waals surface area contributed by atoms with Crippen molar-refractivity contribution in [3.05, 3.63) is 59.2 Å². The lowest BCUT2D eigenvalue weighted by Gasteiger charge is -2.14. The maximum atomic E-state index is 6.21. The molecule has 3 aromatic carbocycles. The van der Waals surface area contributed by atoms with Crippen LogP contribution in [0.25, 0.3) is 21.5 Å². The minimum Gasteiger partial charge on any atom is -0.118 e. The summed E-state index contributed by atoms with van der Waals surface area (Å²) in [5.74, 6) is 0. The van der Waals surface area contributed by atoms with Crippen molar-refractivity contribution in [1.29, 1.82) is 0 Å². The van der Waals surface area contributed by atoms with Crippen molar-refractivity contribution < 1.29 is 0 Å². The standard InChI is InChI=1S/C18H17Cl/c1-11-15-6-4-5-7-16(15)12(2)18-10-14(13(3)19)8-9-17(11)18/h4-10,13H,1-3H3. The van der Waals surface area contributed by atoms with Gasteiger partial charge in [0.25, 0.3) is 0 Å². The average Bonchev–Trinajstić information content (AvgIpc) is 2.44. The predicted octanol–water partition coefficient (Wildman–Crippen LogP) is 5.91. The second-order valence-corrected chi connectivity index (χ2v) is 5.87. The van der Waals surface area contributed by atoms with Gasteiger partial charge in [-0.15, -0.1) is 11.6 Å². The van der Waals surface area contributed by atoms with Gasteiger partial charge in [0.2, 0.25) is 0 Å². The summed E-state index contributed by atoms with van der Waals surface area (Å²) in [7, 11) is 0. The van der Waals surface area contributed by atoms with Gasteiger partial charge in [0.15, 0.2) is 0 Å². The molecule has 0 bridgehead atoms. The average molecular weight is 269 g/mol. The molecule has 0 fully saturated rings. The molecule has 1 atom stereocenters. The number of aryl methyl sites for hydroxylation is 2. The Hall–Kier alpha value is -1.53. The van der Waals surface area contributed by atoms with Crippen LogP contribution in [0.1, 0.15) is 29.0 Å². The Morgan fingerprint density at radius 1 is 0.789 bits per heavy atom. The van der Waals surface area contributed by atoms with Crippen LogP contribution in [0.2, 0.25) is 0 Å². The maximum Gasteiger partial charge on any atom is 0.0557 e. The van der Waals surface area contributed by atoms with Crippen molar-refractivity contribution >= 4 is 33.1 Å². The Kier molecular flexibility index (Phi) is 2.99. The first-order valence-electron chi connectivity index (χ1n) is 6.65. The summed E-state index contributed by atoms with van der Waals surface area (Å²) in [6, 6.07) is 15.2. The van der Waals surface area contributed by atoms with E-state index in [1.807, 2.05) is 6.92 Å². The van der Waals surface area contributed by atoms with E-state index < -0.39 is 0 Å².